The van der Waals surface area contributed by atoms with E-state index in [1.165, 1.54) is 6.07 Å². The molecule has 0 spiro atoms. The average Bonchev–Trinajstić information content (AvgIpc) is 2.31. The highest BCUT2D eigenvalue weighted by atomic mass is 19.1. The number of carbonyl (C=O) groups is 1. The molecule has 2 N–H and O–H groups in total. The van der Waals surface area contributed by atoms with Crippen LogP contribution in [0, 0.1) is 5.82 Å². The lowest BCUT2D eigenvalue weighted by Gasteiger charge is -2.36. The first-order chi connectivity index (χ1) is 9.54. The molecule has 2 rings (SSSR count). The molecule has 1 aromatic carbocycles. The molecule has 4 heteroatoms. The van der Waals surface area contributed by atoms with Crippen LogP contribution in [0.5, 0.6) is 0 Å². The molecule has 1 fully saturated rings. The predicted octanol–water partition coefficient (Wildman–Crippen LogP) is 2.58. The van der Waals surface area contributed by atoms with Crippen molar-refractivity contribution in [2.24, 2.45) is 0 Å². The standard InChI is InChI=1S/C16H23FN2O/c1-11(2)19-16(20)6-7-18-15-9-13(10-15)12-4-3-5-14(17)8-12/h3-5,8,11,13,15,18H,6-7,9-10H2,1-2H3,(H,19,20). The van der Waals surface area contributed by atoms with E-state index < -0.39 is 0 Å². The molecule has 0 unspecified atom stereocenters. The minimum atomic E-state index is -0.163. The monoisotopic (exact) mass is 278 g/mol. The van der Waals surface area contributed by atoms with Crippen molar-refractivity contribution >= 4 is 5.91 Å². The Kier molecular flexibility index (Phi) is 5.12. The molecule has 1 saturated carbocycles. The quantitative estimate of drug-likeness (QED) is 0.839. The number of hydrogen-bond donors (Lipinski definition) is 2. The van der Waals surface area contributed by atoms with Crippen LogP contribution in [0.15, 0.2) is 24.3 Å². The molecule has 1 aliphatic carbocycles. The number of hydrogen-bond acceptors (Lipinski definition) is 2. The van der Waals surface area contributed by atoms with Crippen molar-refractivity contribution in [3.63, 3.8) is 0 Å². The second-order valence-corrected chi connectivity index (χ2v) is 5.85. The Morgan fingerprint density at radius 1 is 1.40 bits per heavy atom. The van der Waals surface area contributed by atoms with E-state index >= 15 is 0 Å². The second kappa shape index (κ2) is 6.84. The Morgan fingerprint density at radius 2 is 2.15 bits per heavy atom. The Hall–Kier alpha value is -1.42. The van der Waals surface area contributed by atoms with Gasteiger partial charge in [-0.1, -0.05) is 12.1 Å². The lowest BCUT2D eigenvalue weighted by molar-refractivity contribution is -0.121. The third-order valence-electron chi connectivity index (χ3n) is 3.69. The molecule has 110 valence electrons. The molecule has 1 aliphatic rings. The summed E-state index contributed by atoms with van der Waals surface area (Å²) >= 11 is 0. The number of carbonyl (C=O) groups excluding carboxylic acids is 1. The van der Waals surface area contributed by atoms with E-state index in [0.717, 1.165) is 18.4 Å². The first-order valence-electron chi connectivity index (χ1n) is 7.33. The zero-order valence-electron chi connectivity index (χ0n) is 12.2. The molecule has 1 amide bonds. The maximum Gasteiger partial charge on any atom is 0.221 e. The lowest BCUT2D eigenvalue weighted by atomic mass is 9.76. The van der Waals surface area contributed by atoms with Gasteiger partial charge in [0.25, 0.3) is 0 Å². The van der Waals surface area contributed by atoms with Gasteiger partial charge in [0.2, 0.25) is 5.91 Å². The van der Waals surface area contributed by atoms with E-state index in [2.05, 4.69) is 10.6 Å². The van der Waals surface area contributed by atoms with Gasteiger partial charge in [-0.2, -0.15) is 0 Å². The van der Waals surface area contributed by atoms with Crippen molar-refractivity contribution in [2.45, 2.75) is 51.1 Å². The van der Waals surface area contributed by atoms with Crippen LogP contribution in [-0.4, -0.2) is 24.5 Å². The van der Waals surface area contributed by atoms with Crippen LogP contribution in [0.4, 0.5) is 4.39 Å². The first kappa shape index (κ1) is 15.0. The summed E-state index contributed by atoms with van der Waals surface area (Å²) in [5, 5.41) is 6.26. The van der Waals surface area contributed by atoms with Gasteiger partial charge in [-0.25, -0.2) is 4.39 Å². The van der Waals surface area contributed by atoms with Crippen molar-refractivity contribution in [3.05, 3.63) is 35.6 Å². The van der Waals surface area contributed by atoms with E-state index in [1.807, 2.05) is 19.9 Å². The van der Waals surface area contributed by atoms with Gasteiger partial charge in [0.05, 0.1) is 0 Å². The Morgan fingerprint density at radius 3 is 2.80 bits per heavy atom. The molecule has 0 radical (unpaired) electrons. The second-order valence-electron chi connectivity index (χ2n) is 5.85. The fourth-order valence-electron chi connectivity index (χ4n) is 2.60. The van der Waals surface area contributed by atoms with Crippen molar-refractivity contribution in [1.82, 2.24) is 10.6 Å². The molecule has 20 heavy (non-hydrogen) atoms. The third kappa shape index (κ3) is 4.30. The fourth-order valence-corrected chi connectivity index (χ4v) is 2.60. The van der Waals surface area contributed by atoms with Crippen LogP contribution < -0.4 is 10.6 Å². The average molecular weight is 278 g/mol. The number of rotatable bonds is 6. The summed E-state index contributed by atoms with van der Waals surface area (Å²) in [5.74, 6) is 0.380. The highest BCUT2D eigenvalue weighted by Crippen LogP contribution is 2.36. The summed E-state index contributed by atoms with van der Waals surface area (Å²) in [5.41, 5.74) is 1.08. The van der Waals surface area contributed by atoms with Gasteiger partial charge in [-0.3, -0.25) is 4.79 Å². The van der Waals surface area contributed by atoms with Gasteiger partial charge in [0, 0.05) is 25.0 Å². The molecular formula is C16H23FN2O. The fraction of sp³-hybridized carbons (Fsp3) is 0.562. The molecular weight excluding hydrogens is 255 g/mol. The van der Waals surface area contributed by atoms with Crippen LogP contribution in [0.2, 0.25) is 0 Å². The zero-order valence-corrected chi connectivity index (χ0v) is 12.2. The molecule has 0 bridgehead atoms. The van der Waals surface area contributed by atoms with Crippen molar-refractivity contribution in [2.75, 3.05) is 6.54 Å². The maximum atomic E-state index is 13.1. The molecule has 0 aliphatic heterocycles. The third-order valence-corrected chi connectivity index (χ3v) is 3.69. The van der Waals surface area contributed by atoms with Gasteiger partial charge in [0.1, 0.15) is 5.82 Å². The van der Waals surface area contributed by atoms with Gasteiger partial charge in [-0.05, 0) is 50.3 Å². The highest BCUT2D eigenvalue weighted by Gasteiger charge is 2.29. The van der Waals surface area contributed by atoms with Crippen LogP contribution >= 0.6 is 0 Å². The van der Waals surface area contributed by atoms with Crippen LogP contribution in [0.1, 0.15) is 44.6 Å². The van der Waals surface area contributed by atoms with E-state index in [0.29, 0.717) is 24.9 Å². The van der Waals surface area contributed by atoms with Gasteiger partial charge >= 0.3 is 0 Å². The Bertz CT molecular complexity index is 456. The van der Waals surface area contributed by atoms with E-state index in [4.69, 9.17) is 0 Å². The van der Waals surface area contributed by atoms with Crippen LogP contribution in [0.3, 0.4) is 0 Å². The minimum absolute atomic E-state index is 0.0912. The number of amides is 1. The Labute approximate surface area is 120 Å². The first-order valence-corrected chi connectivity index (χ1v) is 7.33. The number of benzene rings is 1. The summed E-state index contributed by atoms with van der Waals surface area (Å²) in [6.45, 7) is 4.63. The number of halogens is 1. The van der Waals surface area contributed by atoms with Gasteiger partial charge in [-0.15, -0.1) is 0 Å². The SMILES string of the molecule is CC(C)NC(=O)CCNC1CC(c2cccc(F)c2)C1. The Balaban J connectivity index is 1.64. The summed E-state index contributed by atoms with van der Waals surface area (Å²) in [7, 11) is 0. The highest BCUT2D eigenvalue weighted by molar-refractivity contribution is 5.76. The van der Waals surface area contributed by atoms with E-state index in [9.17, 15) is 9.18 Å². The maximum absolute atomic E-state index is 13.1. The van der Waals surface area contributed by atoms with Crippen LogP contribution in [0.25, 0.3) is 0 Å². The molecule has 3 nitrogen and oxygen atoms in total. The summed E-state index contributed by atoms with van der Waals surface area (Å²) in [4.78, 5) is 11.5. The largest absolute Gasteiger partial charge is 0.354 e. The summed E-state index contributed by atoms with van der Waals surface area (Å²) < 4.78 is 13.1. The zero-order chi connectivity index (χ0) is 14.5. The van der Waals surface area contributed by atoms with Crippen molar-refractivity contribution in [1.29, 1.82) is 0 Å². The van der Waals surface area contributed by atoms with Gasteiger partial charge in [0.15, 0.2) is 0 Å². The molecule has 0 aromatic heterocycles. The molecule has 0 atom stereocenters. The summed E-state index contributed by atoms with van der Waals surface area (Å²) in [6, 6.07) is 7.50. The van der Waals surface area contributed by atoms with E-state index in [-0.39, 0.29) is 17.8 Å². The van der Waals surface area contributed by atoms with Crippen molar-refractivity contribution < 1.29 is 9.18 Å². The minimum Gasteiger partial charge on any atom is -0.354 e. The smallest absolute Gasteiger partial charge is 0.221 e. The van der Waals surface area contributed by atoms with Crippen LogP contribution in [-0.2, 0) is 4.79 Å². The lowest BCUT2D eigenvalue weighted by Crippen LogP contribution is -2.42. The summed E-state index contributed by atoms with van der Waals surface area (Å²) in [6.07, 6.45) is 2.56. The number of nitrogens with one attached hydrogen (secondary N) is 2. The normalized spacial score (nSPS) is 21.6. The molecule has 0 saturated heterocycles. The molecule has 0 heterocycles. The topological polar surface area (TPSA) is 41.1 Å². The molecule has 1 aromatic rings. The van der Waals surface area contributed by atoms with Crippen molar-refractivity contribution in [3.8, 4) is 0 Å². The predicted molar refractivity (Wildman–Crippen MR) is 78.1 cm³/mol. The van der Waals surface area contributed by atoms with Gasteiger partial charge < -0.3 is 10.6 Å². The van der Waals surface area contributed by atoms with E-state index in [1.54, 1.807) is 12.1 Å².